The Bertz CT molecular complexity index is 942. The quantitative estimate of drug-likeness (QED) is 0.714. The van der Waals surface area contributed by atoms with Gasteiger partial charge in [-0.05, 0) is 55.5 Å². The van der Waals surface area contributed by atoms with Gasteiger partial charge in [0, 0.05) is 31.1 Å². The maximum atomic E-state index is 5.07. The molecule has 5 nitrogen and oxygen atoms in total. The van der Waals surface area contributed by atoms with Gasteiger partial charge >= 0.3 is 0 Å². The van der Waals surface area contributed by atoms with Crippen LogP contribution in [0.3, 0.4) is 0 Å². The van der Waals surface area contributed by atoms with Crippen molar-refractivity contribution >= 4 is 0 Å². The van der Waals surface area contributed by atoms with Crippen LogP contribution in [0.15, 0.2) is 53.1 Å². The van der Waals surface area contributed by atoms with Crippen molar-refractivity contribution in [1.82, 2.24) is 20.4 Å². The third-order valence-electron chi connectivity index (χ3n) is 6.36. The van der Waals surface area contributed by atoms with Gasteiger partial charge in [-0.3, -0.25) is 4.90 Å². The second-order valence-electron chi connectivity index (χ2n) is 8.30. The zero-order valence-electron chi connectivity index (χ0n) is 17.0. The topological polar surface area (TPSA) is 54.2 Å². The van der Waals surface area contributed by atoms with Gasteiger partial charge < -0.3 is 9.84 Å². The molecule has 150 valence electrons. The summed E-state index contributed by atoms with van der Waals surface area (Å²) in [4.78, 5) is 7.05. The Morgan fingerprint density at radius 1 is 1.00 bits per heavy atom. The molecule has 5 rings (SSSR count). The lowest BCUT2D eigenvalue weighted by atomic mass is 9.98. The van der Waals surface area contributed by atoms with Crippen molar-refractivity contribution in [3.05, 3.63) is 60.0 Å². The van der Waals surface area contributed by atoms with E-state index in [1.165, 1.54) is 49.0 Å². The Kier molecular flexibility index (Phi) is 5.17. The molecule has 2 aliphatic heterocycles. The fourth-order valence-electron chi connectivity index (χ4n) is 4.81. The summed E-state index contributed by atoms with van der Waals surface area (Å²) < 4.78 is 5.07. The summed E-state index contributed by atoms with van der Waals surface area (Å²) in [5.41, 5.74) is 4.87. The van der Waals surface area contributed by atoms with Crippen LogP contribution in [0.4, 0.5) is 0 Å². The highest BCUT2D eigenvalue weighted by Gasteiger charge is 2.32. The molecule has 0 amide bonds. The van der Waals surface area contributed by atoms with Gasteiger partial charge in [-0.15, -0.1) is 0 Å². The van der Waals surface area contributed by atoms with E-state index >= 15 is 0 Å². The number of benzene rings is 2. The number of likely N-dealkylation sites (tertiary alicyclic amines) is 1. The van der Waals surface area contributed by atoms with Crippen molar-refractivity contribution in [2.45, 2.75) is 44.7 Å². The summed E-state index contributed by atoms with van der Waals surface area (Å²) in [6.45, 7) is 5.41. The van der Waals surface area contributed by atoms with Crippen LogP contribution in [0.2, 0.25) is 0 Å². The van der Waals surface area contributed by atoms with Crippen molar-refractivity contribution in [2.24, 2.45) is 0 Å². The summed E-state index contributed by atoms with van der Waals surface area (Å²) >= 11 is 0. The number of aromatic nitrogens is 2. The molecule has 0 bridgehead atoms. The molecule has 1 N–H and O–H groups in total. The molecule has 0 aliphatic carbocycles. The molecule has 1 aromatic heterocycles. The van der Waals surface area contributed by atoms with E-state index in [1.807, 2.05) is 6.92 Å². The first-order chi connectivity index (χ1) is 14.3. The molecule has 2 atom stereocenters. The molecule has 2 saturated heterocycles. The standard InChI is InChI=1S/C24H28N4O/c1-17-26-24(27-29-17)21-10-8-20(9-11-21)19-6-4-18(5-7-19)15-22-3-2-14-28(22)23-12-13-25-16-23/h4-11,22-23,25H,2-3,12-16H2,1H3. The number of rotatable bonds is 5. The minimum Gasteiger partial charge on any atom is -0.339 e. The first-order valence-electron chi connectivity index (χ1n) is 10.7. The van der Waals surface area contributed by atoms with E-state index in [-0.39, 0.29) is 0 Å². The monoisotopic (exact) mass is 388 g/mol. The third-order valence-corrected chi connectivity index (χ3v) is 6.36. The first kappa shape index (κ1) is 18.5. The SMILES string of the molecule is Cc1nc(-c2ccc(-c3ccc(CC4CCCN4C4CCNC4)cc3)cc2)no1. The smallest absolute Gasteiger partial charge is 0.223 e. The van der Waals surface area contributed by atoms with Gasteiger partial charge in [0.25, 0.3) is 0 Å². The number of aryl methyl sites for hydroxylation is 1. The van der Waals surface area contributed by atoms with Gasteiger partial charge in [0.15, 0.2) is 0 Å². The van der Waals surface area contributed by atoms with Crippen LogP contribution in [0, 0.1) is 6.92 Å². The zero-order valence-corrected chi connectivity index (χ0v) is 17.0. The predicted molar refractivity (Wildman–Crippen MR) is 115 cm³/mol. The van der Waals surface area contributed by atoms with E-state index in [9.17, 15) is 0 Å². The van der Waals surface area contributed by atoms with Crippen molar-refractivity contribution in [1.29, 1.82) is 0 Å². The lowest BCUT2D eigenvalue weighted by Crippen LogP contribution is -2.41. The second kappa shape index (κ2) is 8.09. The summed E-state index contributed by atoms with van der Waals surface area (Å²) in [7, 11) is 0. The summed E-state index contributed by atoms with van der Waals surface area (Å²) in [5.74, 6) is 1.23. The number of nitrogens with zero attached hydrogens (tertiary/aromatic N) is 3. The summed E-state index contributed by atoms with van der Waals surface area (Å²) in [6, 6.07) is 18.9. The normalized spacial score (nSPS) is 22.4. The maximum absolute atomic E-state index is 5.07. The number of hydrogen-bond donors (Lipinski definition) is 1. The molecule has 3 aromatic rings. The first-order valence-corrected chi connectivity index (χ1v) is 10.7. The van der Waals surface area contributed by atoms with Crippen molar-refractivity contribution < 1.29 is 4.52 Å². The Morgan fingerprint density at radius 3 is 2.38 bits per heavy atom. The molecule has 0 radical (unpaired) electrons. The minimum atomic E-state index is 0.588. The van der Waals surface area contributed by atoms with Crippen LogP contribution in [-0.2, 0) is 6.42 Å². The van der Waals surface area contributed by atoms with E-state index in [4.69, 9.17) is 4.52 Å². The van der Waals surface area contributed by atoms with E-state index in [1.54, 1.807) is 0 Å². The summed E-state index contributed by atoms with van der Waals surface area (Å²) in [6.07, 6.45) is 5.13. The van der Waals surface area contributed by atoms with Crippen molar-refractivity contribution in [3.8, 4) is 22.5 Å². The van der Waals surface area contributed by atoms with Gasteiger partial charge in [-0.1, -0.05) is 53.7 Å². The third kappa shape index (κ3) is 3.98. The molecular weight excluding hydrogens is 360 g/mol. The molecule has 0 saturated carbocycles. The van der Waals surface area contributed by atoms with Crippen molar-refractivity contribution in [2.75, 3.05) is 19.6 Å². The van der Waals surface area contributed by atoms with Crippen LogP contribution < -0.4 is 5.32 Å². The predicted octanol–water partition coefficient (Wildman–Crippen LogP) is 4.08. The van der Waals surface area contributed by atoms with Crippen LogP contribution in [0.5, 0.6) is 0 Å². The largest absolute Gasteiger partial charge is 0.339 e. The highest BCUT2D eigenvalue weighted by atomic mass is 16.5. The van der Waals surface area contributed by atoms with Crippen LogP contribution in [-0.4, -0.2) is 46.8 Å². The van der Waals surface area contributed by atoms with Gasteiger partial charge in [0.2, 0.25) is 11.7 Å². The number of nitrogens with one attached hydrogen (secondary N) is 1. The van der Waals surface area contributed by atoms with Gasteiger partial charge in [0.1, 0.15) is 0 Å². The molecule has 2 fully saturated rings. The van der Waals surface area contributed by atoms with E-state index in [2.05, 4.69) is 68.9 Å². The zero-order chi connectivity index (χ0) is 19.6. The van der Waals surface area contributed by atoms with E-state index in [0.29, 0.717) is 17.8 Å². The Labute approximate surface area is 172 Å². The van der Waals surface area contributed by atoms with Crippen LogP contribution in [0.1, 0.15) is 30.7 Å². The van der Waals surface area contributed by atoms with Crippen LogP contribution >= 0.6 is 0 Å². The average molecular weight is 389 g/mol. The molecule has 29 heavy (non-hydrogen) atoms. The highest BCUT2D eigenvalue weighted by molar-refractivity contribution is 5.67. The molecule has 2 aromatic carbocycles. The van der Waals surface area contributed by atoms with Gasteiger partial charge in [0.05, 0.1) is 0 Å². The molecule has 0 spiro atoms. The second-order valence-corrected chi connectivity index (χ2v) is 8.30. The number of hydrogen-bond acceptors (Lipinski definition) is 5. The van der Waals surface area contributed by atoms with Gasteiger partial charge in [-0.25, -0.2) is 0 Å². The molecule has 3 heterocycles. The highest BCUT2D eigenvalue weighted by Crippen LogP contribution is 2.28. The lowest BCUT2D eigenvalue weighted by molar-refractivity contribution is 0.190. The summed E-state index contributed by atoms with van der Waals surface area (Å²) in [5, 5.41) is 7.51. The van der Waals surface area contributed by atoms with Crippen molar-refractivity contribution in [3.63, 3.8) is 0 Å². The van der Waals surface area contributed by atoms with E-state index < -0.39 is 0 Å². The average Bonchev–Trinajstić information content (AvgIpc) is 3.50. The molecular formula is C24H28N4O. The molecule has 5 heteroatoms. The Balaban J connectivity index is 1.26. The molecule has 2 aliphatic rings. The van der Waals surface area contributed by atoms with Crippen LogP contribution in [0.25, 0.3) is 22.5 Å². The Hall–Kier alpha value is -2.50. The van der Waals surface area contributed by atoms with E-state index in [0.717, 1.165) is 24.6 Å². The van der Waals surface area contributed by atoms with Gasteiger partial charge in [-0.2, -0.15) is 4.98 Å². The lowest BCUT2D eigenvalue weighted by Gasteiger charge is -2.30. The minimum absolute atomic E-state index is 0.588. The fourth-order valence-corrected chi connectivity index (χ4v) is 4.81. The maximum Gasteiger partial charge on any atom is 0.223 e. The fraction of sp³-hybridized carbons (Fsp3) is 0.417. The Morgan fingerprint density at radius 2 is 1.72 bits per heavy atom. The molecule has 2 unspecified atom stereocenters.